The van der Waals surface area contributed by atoms with Crippen molar-refractivity contribution in [3.8, 4) is 0 Å². The fourth-order valence-corrected chi connectivity index (χ4v) is 6.85. The normalized spacial score (nSPS) is 18.0. The molecule has 1 aliphatic rings. The smallest absolute Gasteiger partial charge is 0.326 e. The Hall–Kier alpha value is -2.53. The van der Waals surface area contributed by atoms with E-state index in [4.69, 9.17) is 19.9 Å². The quantitative estimate of drug-likeness (QED) is 0.239. The molecule has 218 valence electrons. The van der Waals surface area contributed by atoms with Gasteiger partial charge in [0.25, 0.3) is 0 Å². The molecule has 3 rings (SSSR count). The van der Waals surface area contributed by atoms with Crippen molar-refractivity contribution in [2.24, 2.45) is 0 Å². The number of carbonyl (C=O) groups is 2. The molecular weight excluding hydrogens is 523 g/mol. The molecule has 2 heterocycles. The fourth-order valence-electron chi connectivity index (χ4n) is 4.45. The largest absolute Gasteiger partial charge is 0.462 e. The Bertz CT molecular complexity index is 1180. The van der Waals surface area contributed by atoms with E-state index in [1.54, 1.807) is 57.8 Å². The number of nitrogens with one attached hydrogen (secondary N) is 2. The summed E-state index contributed by atoms with van der Waals surface area (Å²) in [5.74, 6) is -1.06. The van der Waals surface area contributed by atoms with Gasteiger partial charge < -0.3 is 24.5 Å². The van der Waals surface area contributed by atoms with Crippen LogP contribution in [0.5, 0.6) is 0 Å². The highest BCUT2D eigenvalue weighted by atomic mass is 31.2. The average Bonchev–Trinajstić information content (AvgIpc) is 3.26. The van der Waals surface area contributed by atoms with E-state index in [0.717, 1.165) is 32.1 Å². The van der Waals surface area contributed by atoms with E-state index in [2.05, 4.69) is 20.1 Å². The van der Waals surface area contributed by atoms with Gasteiger partial charge in [-0.15, -0.1) is 0 Å². The second kappa shape index (κ2) is 13.2. The third kappa shape index (κ3) is 8.73. The summed E-state index contributed by atoms with van der Waals surface area (Å²) in [6.45, 7) is 10.4. The molecule has 0 saturated heterocycles. The Morgan fingerprint density at radius 2 is 1.87 bits per heavy atom. The Kier molecular flexibility index (Phi) is 10.5. The molecule has 2 aromatic rings. The molecule has 4 N–H and O–H groups in total. The first-order chi connectivity index (χ1) is 18.3. The number of imidazole rings is 1. The molecule has 0 aromatic carbocycles. The van der Waals surface area contributed by atoms with Gasteiger partial charge in [-0.25, -0.2) is 20.1 Å². The number of pyridine rings is 1. The van der Waals surface area contributed by atoms with Crippen LogP contribution in [0.3, 0.4) is 0 Å². The number of rotatable bonds is 13. The minimum atomic E-state index is -3.69. The van der Waals surface area contributed by atoms with Gasteiger partial charge in [-0.2, -0.15) is 0 Å². The second-order valence-corrected chi connectivity index (χ2v) is 13.3. The maximum Gasteiger partial charge on any atom is 0.326 e. The summed E-state index contributed by atoms with van der Waals surface area (Å²) >= 11 is 0. The van der Waals surface area contributed by atoms with Crippen molar-refractivity contribution < 1.29 is 28.4 Å². The SMILES string of the molecule is CC(C)OC(=O)C(C)(C)NP(=O)(CO[C@H](C)Cn1cnc2c(N)ccnc21)N[C@H](C)C(=O)OC1CCCCC1. The van der Waals surface area contributed by atoms with Gasteiger partial charge in [-0.1, -0.05) is 6.42 Å². The lowest BCUT2D eigenvalue weighted by atomic mass is 9.98. The first-order valence-corrected chi connectivity index (χ1v) is 15.4. The Balaban J connectivity index is 1.71. The zero-order valence-corrected chi connectivity index (χ0v) is 24.7. The van der Waals surface area contributed by atoms with Gasteiger partial charge in [0, 0.05) is 6.20 Å². The summed E-state index contributed by atoms with van der Waals surface area (Å²) in [4.78, 5) is 34.2. The van der Waals surface area contributed by atoms with E-state index >= 15 is 0 Å². The van der Waals surface area contributed by atoms with E-state index in [-0.39, 0.29) is 18.6 Å². The fraction of sp³-hybridized carbons (Fsp3) is 0.692. The van der Waals surface area contributed by atoms with Crippen LogP contribution < -0.4 is 15.9 Å². The molecule has 1 unspecified atom stereocenters. The number of anilines is 1. The van der Waals surface area contributed by atoms with E-state index in [0.29, 0.717) is 23.4 Å². The number of fused-ring (bicyclic) bond motifs is 1. The number of nitrogen functional groups attached to an aromatic ring is 1. The van der Waals surface area contributed by atoms with Gasteiger partial charge in [0.2, 0.25) is 7.44 Å². The molecule has 12 nitrogen and oxygen atoms in total. The summed E-state index contributed by atoms with van der Waals surface area (Å²) in [5, 5.41) is 5.79. The third-order valence-electron chi connectivity index (χ3n) is 6.43. The average molecular weight is 567 g/mol. The van der Waals surface area contributed by atoms with Crippen LogP contribution in [0.1, 0.15) is 73.6 Å². The summed E-state index contributed by atoms with van der Waals surface area (Å²) in [7, 11) is -3.69. The Morgan fingerprint density at radius 3 is 2.54 bits per heavy atom. The Morgan fingerprint density at radius 1 is 1.18 bits per heavy atom. The van der Waals surface area contributed by atoms with Crippen LogP contribution in [0.15, 0.2) is 18.6 Å². The highest BCUT2D eigenvalue weighted by Gasteiger charge is 2.40. The molecule has 0 amide bonds. The van der Waals surface area contributed by atoms with Crippen molar-refractivity contribution in [1.29, 1.82) is 0 Å². The summed E-state index contributed by atoms with van der Waals surface area (Å²) in [6, 6.07) is 0.783. The van der Waals surface area contributed by atoms with Crippen LogP contribution in [0.2, 0.25) is 0 Å². The minimum absolute atomic E-state index is 0.135. The van der Waals surface area contributed by atoms with E-state index < -0.39 is 37.1 Å². The van der Waals surface area contributed by atoms with Crippen molar-refractivity contribution in [1.82, 2.24) is 24.7 Å². The zero-order valence-electron chi connectivity index (χ0n) is 23.8. The molecule has 0 aliphatic heterocycles. The molecule has 39 heavy (non-hydrogen) atoms. The molecular formula is C26H43N6O6P. The molecule has 0 radical (unpaired) electrons. The van der Waals surface area contributed by atoms with E-state index in [1.165, 1.54) is 0 Å². The maximum absolute atomic E-state index is 14.2. The van der Waals surface area contributed by atoms with Crippen LogP contribution in [0.4, 0.5) is 5.69 Å². The summed E-state index contributed by atoms with van der Waals surface area (Å²) < 4.78 is 33.0. The number of carbonyl (C=O) groups excluding carboxylic acids is 2. The highest BCUT2D eigenvalue weighted by molar-refractivity contribution is 7.59. The van der Waals surface area contributed by atoms with Crippen molar-refractivity contribution in [2.75, 3.05) is 12.1 Å². The van der Waals surface area contributed by atoms with Crippen molar-refractivity contribution in [3.63, 3.8) is 0 Å². The summed E-state index contributed by atoms with van der Waals surface area (Å²) in [6.07, 6.45) is 6.86. The highest BCUT2D eigenvalue weighted by Crippen LogP contribution is 2.40. The number of hydrogen-bond donors (Lipinski definition) is 3. The van der Waals surface area contributed by atoms with Crippen LogP contribution in [-0.4, -0.2) is 62.7 Å². The van der Waals surface area contributed by atoms with Crippen LogP contribution in [0, 0.1) is 0 Å². The number of esters is 2. The van der Waals surface area contributed by atoms with Crippen LogP contribution in [0.25, 0.3) is 11.2 Å². The molecule has 2 aromatic heterocycles. The van der Waals surface area contributed by atoms with Gasteiger partial charge in [0.05, 0.1) is 30.8 Å². The molecule has 1 saturated carbocycles. The van der Waals surface area contributed by atoms with Crippen molar-refractivity contribution in [2.45, 2.75) is 110 Å². The number of ether oxygens (including phenoxy) is 3. The van der Waals surface area contributed by atoms with Gasteiger partial charge in [0.15, 0.2) is 5.65 Å². The topological polar surface area (TPSA) is 160 Å². The number of aromatic nitrogens is 3. The van der Waals surface area contributed by atoms with E-state index in [1.807, 2.05) is 6.92 Å². The molecule has 0 bridgehead atoms. The molecule has 0 spiro atoms. The van der Waals surface area contributed by atoms with Gasteiger partial charge >= 0.3 is 11.9 Å². The summed E-state index contributed by atoms with van der Waals surface area (Å²) in [5.41, 5.74) is 6.39. The predicted molar refractivity (Wildman–Crippen MR) is 149 cm³/mol. The first-order valence-electron chi connectivity index (χ1n) is 13.5. The van der Waals surface area contributed by atoms with Crippen molar-refractivity contribution >= 4 is 36.2 Å². The van der Waals surface area contributed by atoms with Gasteiger partial charge in [0.1, 0.15) is 29.5 Å². The molecule has 13 heteroatoms. The number of nitrogens with two attached hydrogens (primary N) is 1. The molecule has 3 atom stereocenters. The lowest BCUT2D eigenvalue weighted by Gasteiger charge is -2.33. The standard InChI is InChI=1S/C26H43N6O6P/c1-17(2)37-25(34)26(5,6)31-39(35,30-19(4)24(33)38-20-10-8-7-9-11-20)16-36-18(3)14-32-15-29-22-21(27)12-13-28-23(22)32/h12-13,15,17-20H,7-11,14,16H2,1-6H3,(H2,27,28)(H2,30,31,35)/t18-,19-,39?/m1/s1. The second-order valence-electron chi connectivity index (χ2n) is 11.1. The van der Waals surface area contributed by atoms with Gasteiger partial charge in [-0.05, 0) is 73.3 Å². The Labute approximate surface area is 230 Å². The van der Waals surface area contributed by atoms with Gasteiger partial charge in [-0.3, -0.25) is 14.2 Å². The third-order valence-corrected chi connectivity index (χ3v) is 8.67. The van der Waals surface area contributed by atoms with Crippen LogP contribution in [-0.2, 0) is 34.9 Å². The molecule has 1 fully saturated rings. The molecule has 1 aliphatic carbocycles. The van der Waals surface area contributed by atoms with E-state index in [9.17, 15) is 14.2 Å². The number of nitrogens with zero attached hydrogens (tertiary/aromatic N) is 3. The number of hydrogen-bond acceptors (Lipinski definition) is 9. The zero-order chi connectivity index (χ0) is 28.8. The lowest BCUT2D eigenvalue weighted by Crippen LogP contribution is -2.51. The minimum Gasteiger partial charge on any atom is -0.462 e. The first kappa shape index (κ1) is 31.0. The lowest BCUT2D eigenvalue weighted by molar-refractivity contribution is -0.153. The monoisotopic (exact) mass is 566 g/mol. The van der Waals surface area contributed by atoms with Crippen LogP contribution >= 0.6 is 7.44 Å². The van der Waals surface area contributed by atoms with Crippen molar-refractivity contribution in [3.05, 3.63) is 18.6 Å². The maximum atomic E-state index is 14.2. The predicted octanol–water partition coefficient (Wildman–Crippen LogP) is 3.74.